The number of aryl methyl sites for hydroxylation is 3. The van der Waals surface area contributed by atoms with Crippen LogP contribution in [0.4, 0.5) is 0 Å². The predicted octanol–water partition coefficient (Wildman–Crippen LogP) is 4.90. The molecule has 3 rings (SSSR count). The molecule has 1 amide bonds. The van der Waals surface area contributed by atoms with Crippen molar-refractivity contribution in [1.29, 1.82) is 0 Å². The van der Waals surface area contributed by atoms with Gasteiger partial charge in [-0.15, -0.1) is 0 Å². The van der Waals surface area contributed by atoms with Gasteiger partial charge in [0.05, 0.1) is 11.0 Å². The summed E-state index contributed by atoms with van der Waals surface area (Å²) in [6.07, 6.45) is 5.26. The van der Waals surface area contributed by atoms with Gasteiger partial charge < -0.3 is 9.88 Å². The quantitative estimate of drug-likeness (QED) is 0.550. The van der Waals surface area contributed by atoms with E-state index in [9.17, 15) is 4.79 Å². The van der Waals surface area contributed by atoms with Crippen LogP contribution < -0.4 is 5.32 Å². The summed E-state index contributed by atoms with van der Waals surface area (Å²) < 4.78 is 2.36. The topological polar surface area (TPSA) is 46.9 Å². The van der Waals surface area contributed by atoms with Gasteiger partial charge in [-0.1, -0.05) is 43.7 Å². The molecule has 0 spiro atoms. The molecular weight excluding hydrogens is 334 g/mol. The summed E-state index contributed by atoms with van der Waals surface area (Å²) in [5.41, 5.74) is 4.11. The third kappa shape index (κ3) is 4.76. The van der Waals surface area contributed by atoms with Gasteiger partial charge >= 0.3 is 0 Å². The zero-order chi connectivity index (χ0) is 19.1. The van der Waals surface area contributed by atoms with Crippen molar-refractivity contribution in [1.82, 2.24) is 14.9 Å². The SMILES string of the molecule is CCCn1c(CCCCCNC(=O)c2ccccc2C)nc2ccccc21. The number of hydrogen-bond donors (Lipinski definition) is 1. The van der Waals surface area contributed by atoms with Crippen molar-refractivity contribution in [2.24, 2.45) is 0 Å². The van der Waals surface area contributed by atoms with E-state index in [0.29, 0.717) is 0 Å². The lowest BCUT2D eigenvalue weighted by molar-refractivity contribution is 0.0952. The lowest BCUT2D eigenvalue weighted by atomic mass is 10.1. The summed E-state index contributed by atoms with van der Waals surface area (Å²) in [6.45, 7) is 5.91. The first-order chi connectivity index (χ1) is 13.2. The minimum Gasteiger partial charge on any atom is -0.352 e. The van der Waals surface area contributed by atoms with E-state index in [1.165, 1.54) is 11.3 Å². The van der Waals surface area contributed by atoms with Gasteiger partial charge in [0.2, 0.25) is 0 Å². The molecule has 1 N–H and O–H groups in total. The first kappa shape index (κ1) is 19.2. The van der Waals surface area contributed by atoms with Crippen LogP contribution in [0.25, 0.3) is 11.0 Å². The van der Waals surface area contributed by atoms with Gasteiger partial charge in [0.1, 0.15) is 5.82 Å². The summed E-state index contributed by atoms with van der Waals surface area (Å²) in [7, 11) is 0. The molecule has 3 aromatic rings. The van der Waals surface area contributed by atoms with Crippen LogP contribution in [0.2, 0.25) is 0 Å². The fourth-order valence-electron chi connectivity index (χ4n) is 3.50. The number of carbonyl (C=O) groups is 1. The van der Waals surface area contributed by atoms with E-state index in [-0.39, 0.29) is 5.91 Å². The highest BCUT2D eigenvalue weighted by Gasteiger charge is 2.10. The second kappa shape index (κ2) is 9.36. The second-order valence-electron chi connectivity index (χ2n) is 7.05. The van der Waals surface area contributed by atoms with Crippen molar-refractivity contribution in [2.45, 2.75) is 52.5 Å². The third-order valence-corrected chi connectivity index (χ3v) is 4.93. The highest BCUT2D eigenvalue weighted by molar-refractivity contribution is 5.95. The molecule has 4 nitrogen and oxygen atoms in total. The minimum atomic E-state index is 0.0258. The van der Waals surface area contributed by atoms with Crippen LogP contribution in [0, 0.1) is 6.92 Å². The Bertz CT molecular complexity index is 898. The fourth-order valence-corrected chi connectivity index (χ4v) is 3.50. The zero-order valence-corrected chi connectivity index (χ0v) is 16.4. The number of imidazole rings is 1. The Kier molecular flexibility index (Phi) is 6.64. The number of hydrogen-bond acceptors (Lipinski definition) is 2. The lowest BCUT2D eigenvalue weighted by Crippen LogP contribution is -2.25. The highest BCUT2D eigenvalue weighted by Crippen LogP contribution is 2.18. The van der Waals surface area contributed by atoms with Gasteiger partial charge in [0, 0.05) is 25.1 Å². The first-order valence-corrected chi connectivity index (χ1v) is 9.98. The van der Waals surface area contributed by atoms with Crippen LogP contribution in [-0.2, 0) is 13.0 Å². The van der Waals surface area contributed by atoms with E-state index in [1.807, 2.05) is 37.3 Å². The molecule has 4 heteroatoms. The molecule has 0 saturated carbocycles. The summed E-state index contributed by atoms with van der Waals surface area (Å²) in [6, 6.07) is 16.1. The van der Waals surface area contributed by atoms with Crippen LogP contribution in [0.15, 0.2) is 48.5 Å². The van der Waals surface area contributed by atoms with Gasteiger partial charge in [-0.3, -0.25) is 4.79 Å². The number of nitrogens with one attached hydrogen (secondary N) is 1. The van der Waals surface area contributed by atoms with E-state index in [0.717, 1.165) is 61.8 Å². The van der Waals surface area contributed by atoms with Crippen LogP contribution in [0.1, 0.15) is 54.4 Å². The molecule has 0 fully saturated rings. The summed E-state index contributed by atoms with van der Waals surface area (Å²) in [5.74, 6) is 1.21. The summed E-state index contributed by atoms with van der Waals surface area (Å²) >= 11 is 0. The minimum absolute atomic E-state index is 0.0258. The molecule has 142 valence electrons. The molecular formula is C23H29N3O. The number of para-hydroxylation sites is 2. The van der Waals surface area contributed by atoms with E-state index in [1.54, 1.807) is 0 Å². The number of amides is 1. The van der Waals surface area contributed by atoms with E-state index in [4.69, 9.17) is 4.98 Å². The highest BCUT2D eigenvalue weighted by atomic mass is 16.1. The maximum atomic E-state index is 12.2. The van der Waals surface area contributed by atoms with Gasteiger partial charge in [-0.2, -0.15) is 0 Å². The van der Waals surface area contributed by atoms with Gasteiger partial charge in [0.25, 0.3) is 5.91 Å². The van der Waals surface area contributed by atoms with E-state index >= 15 is 0 Å². The van der Waals surface area contributed by atoms with Crippen molar-refractivity contribution in [3.05, 3.63) is 65.5 Å². The molecule has 1 heterocycles. The summed E-state index contributed by atoms with van der Waals surface area (Å²) in [5, 5.41) is 3.03. The number of aromatic nitrogens is 2. The van der Waals surface area contributed by atoms with Crippen molar-refractivity contribution >= 4 is 16.9 Å². The van der Waals surface area contributed by atoms with Gasteiger partial charge in [-0.05, 0) is 49.9 Å². The summed E-state index contributed by atoms with van der Waals surface area (Å²) in [4.78, 5) is 17.0. The predicted molar refractivity (Wildman–Crippen MR) is 111 cm³/mol. The largest absolute Gasteiger partial charge is 0.352 e. The second-order valence-corrected chi connectivity index (χ2v) is 7.05. The maximum Gasteiger partial charge on any atom is 0.251 e. The molecule has 0 aliphatic heterocycles. The lowest BCUT2D eigenvalue weighted by Gasteiger charge is -2.09. The Balaban J connectivity index is 1.45. The van der Waals surface area contributed by atoms with E-state index in [2.05, 4.69) is 35.0 Å². The van der Waals surface area contributed by atoms with Gasteiger partial charge in [0.15, 0.2) is 0 Å². The van der Waals surface area contributed by atoms with Crippen LogP contribution in [0.3, 0.4) is 0 Å². The molecule has 0 atom stereocenters. The number of benzene rings is 2. The molecule has 0 unspecified atom stereocenters. The number of rotatable bonds is 9. The van der Waals surface area contributed by atoms with Gasteiger partial charge in [-0.25, -0.2) is 4.98 Å². The van der Waals surface area contributed by atoms with Crippen LogP contribution >= 0.6 is 0 Å². The Labute approximate surface area is 161 Å². The molecule has 0 radical (unpaired) electrons. The number of unbranched alkanes of at least 4 members (excludes halogenated alkanes) is 2. The monoisotopic (exact) mass is 363 g/mol. The Morgan fingerprint density at radius 3 is 2.63 bits per heavy atom. The molecule has 0 aliphatic carbocycles. The molecule has 0 aliphatic rings. The zero-order valence-electron chi connectivity index (χ0n) is 16.4. The van der Waals surface area contributed by atoms with Crippen LogP contribution in [-0.4, -0.2) is 22.0 Å². The number of nitrogens with zero attached hydrogens (tertiary/aromatic N) is 2. The van der Waals surface area contributed by atoms with Crippen molar-refractivity contribution < 1.29 is 4.79 Å². The average molecular weight is 364 g/mol. The maximum absolute atomic E-state index is 12.2. The fraction of sp³-hybridized carbons (Fsp3) is 0.391. The number of fused-ring (bicyclic) bond motifs is 1. The third-order valence-electron chi connectivity index (χ3n) is 4.93. The first-order valence-electron chi connectivity index (χ1n) is 9.98. The van der Waals surface area contributed by atoms with Crippen LogP contribution in [0.5, 0.6) is 0 Å². The standard InChI is InChI=1S/C23H29N3O/c1-3-17-26-21-14-9-8-13-20(21)25-22(26)15-5-4-10-16-24-23(27)19-12-7-6-11-18(19)2/h6-9,11-14H,3-5,10,15-17H2,1-2H3,(H,24,27). The Hall–Kier alpha value is -2.62. The Morgan fingerprint density at radius 1 is 1.04 bits per heavy atom. The number of carbonyl (C=O) groups excluding carboxylic acids is 1. The molecule has 0 bridgehead atoms. The molecule has 27 heavy (non-hydrogen) atoms. The van der Waals surface area contributed by atoms with Crippen molar-refractivity contribution in [3.63, 3.8) is 0 Å². The normalized spacial score (nSPS) is 11.0. The molecule has 0 saturated heterocycles. The van der Waals surface area contributed by atoms with E-state index < -0.39 is 0 Å². The molecule has 1 aromatic heterocycles. The molecule has 2 aromatic carbocycles. The van der Waals surface area contributed by atoms with Crippen molar-refractivity contribution in [2.75, 3.05) is 6.54 Å². The smallest absolute Gasteiger partial charge is 0.251 e. The Morgan fingerprint density at radius 2 is 1.81 bits per heavy atom. The van der Waals surface area contributed by atoms with Crippen molar-refractivity contribution in [3.8, 4) is 0 Å². The average Bonchev–Trinajstić information content (AvgIpc) is 3.03.